The van der Waals surface area contributed by atoms with Gasteiger partial charge in [-0.25, -0.2) is 4.79 Å². The number of para-hydroxylation sites is 1. The molecule has 1 N–H and O–H groups in total. The summed E-state index contributed by atoms with van der Waals surface area (Å²) in [4.78, 5) is 35.0. The smallest absolute Gasteiger partial charge is 0.344 e. The van der Waals surface area contributed by atoms with Crippen molar-refractivity contribution in [2.24, 2.45) is 0 Å². The van der Waals surface area contributed by atoms with Crippen LogP contribution in [0.1, 0.15) is 29.3 Å². The number of ether oxygens (including phenoxy) is 2. The third kappa shape index (κ3) is 5.73. The molecule has 0 radical (unpaired) electrons. The third-order valence-electron chi connectivity index (χ3n) is 3.64. The molecule has 1 amide bonds. The van der Waals surface area contributed by atoms with E-state index in [0.29, 0.717) is 23.4 Å². The molecule has 0 bridgehead atoms. The summed E-state index contributed by atoms with van der Waals surface area (Å²) in [5.41, 5.74) is 2.18. The average Bonchev–Trinajstić information content (AvgIpc) is 2.66. The number of carbonyl (C=O) groups excluding carboxylic acids is 3. The molecule has 0 atom stereocenters. The van der Waals surface area contributed by atoms with E-state index in [1.807, 2.05) is 25.1 Å². The van der Waals surface area contributed by atoms with E-state index in [0.717, 1.165) is 5.56 Å². The highest BCUT2D eigenvalue weighted by Crippen LogP contribution is 2.14. The molecule has 0 aliphatic carbocycles. The van der Waals surface area contributed by atoms with Gasteiger partial charge in [-0.2, -0.15) is 0 Å². The van der Waals surface area contributed by atoms with Crippen LogP contribution in [0.15, 0.2) is 48.5 Å². The van der Waals surface area contributed by atoms with E-state index >= 15 is 0 Å². The van der Waals surface area contributed by atoms with Gasteiger partial charge in [0.15, 0.2) is 19.0 Å². The van der Waals surface area contributed by atoms with Gasteiger partial charge in [-0.15, -0.1) is 0 Å². The largest absolute Gasteiger partial charge is 0.482 e. The van der Waals surface area contributed by atoms with E-state index in [2.05, 4.69) is 5.32 Å². The van der Waals surface area contributed by atoms with E-state index in [4.69, 9.17) is 9.47 Å². The van der Waals surface area contributed by atoms with E-state index in [9.17, 15) is 14.4 Å². The van der Waals surface area contributed by atoms with Crippen LogP contribution in [-0.2, 0) is 14.3 Å². The molecule has 0 fully saturated rings. The molecule has 0 unspecified atom stereocenters. The second-order valence-electron chi connectivity index (χ2n) is 5.61. The van der Waals surface area contributed by atoms with E-state index in [1.54, 1.807) is 37.3 Å². The van der Waals surface area contributed by atoms with Crippen molar-refractivity contribution in [2.45, 2.75) is 20.3 Å². The molecule has 136 valence electrons. The lowest BCUT2D eigenvalue weighted by Crippen LogP contribution is -2.23. The number of nitrogens with one attached hydrogen (secondary N) is 1. The maximum atomic E-state index is 11.8. The summed E-state index contributed by atoms with van der Waals surface area (Å²) < 4.78 is 10.2. The lowest BCUT2D eigenvalue weighted by atomic mass is 10.1. The van der Waals surface area contributed by atoms with Crippen LogP contribution in [0.4, 0.5) is 5.69 Å². The van der Waals surface area contributed by atoms with E-state index in [1.165, 1.54) is 0 Å². The fourth-order valence-electron chi connectivity index (χ4n) is 2.17. The van der Waals surface area contributed by atoms with Crippen LogP contribution < -0.4 is 10.1 Å². The minimum absolute atomic E-state index is 0.0376. The number of Topliss-reactive ketones (excluding diaryl/α,β-unsaturated/α-hetero) is 1. The molecule has 2 aromatic rings. The van der Waals surface area contributed by atoms with Gasteiger partial charge in [-0.3, -0.25) is 9.59 Å². The molecule has 0 saturated heterocycles. The lowest BCUT2D eigenvalue weighted by molar-refractivity contribution is -0.149. The number of esters is 1. The van der Waals surface area contributed by atoms with Gasteiger partial charge in [-0.05, 0) is 42.8 Å². The van der Waals surface area contributed by atoms with Crippen molar-refractivity contribution in [1.82, 2.24) is 0 Å². The number of amides is 1. The maximum absolute atomic E-state index is 11.8. The van der Waals surface area contributed by atoms with E-state index < -0.39 is 11.9 Å². The fraction of sp³-hybridized carbons (Fsp3) is 0.250. The SMILES string of the molecule is CCC(=O)c1ccc(OCC(=O)OCC(=O)Nc2ccccc2C)cc1. The number of hydrogen-bond donors (Lipinski definition) is 1. The van der Waals surface area contributed by atoms with Crippen LogP contribution in [0.2, 0.25) is 0 Å². The van der Waals surface area contributed by atoms with Crippen LogP contribution in [-0.4, -0.2) is 30.9 Å². The minimum Gasteiger partial charge on any atom is -0.482 e. The van der Waals surface area contributed by atoms with Crippen molar-refractivity contribution in [3.05, 3.63) is 59.7 Å². The summed E-state index contributed by atoms with van der Waals surface area (Å²) in [5, 5.41) is 2.67. The van der Waals surface area contributed by atoms with Gasteiger partial charge in [0.1, 0.15) is 5.75 Å². The van der Waals surface area contributed by atoms with E-state index in [-0.39, 0.29) is 19.0 Å². The van der Waals surface area contributed by atoms with Crippen LogP contribution in [0, 0.1) is 6.92 Å². The Labute approximate surface area is 152 Å². The molecule has 6 heteroatoms. The molecule has 0 heterocycles. The summed E-state index contributed by atoms with van der Waals surface area (Å²) in [5.74, 6) is -0.594. The minimum atomic E-state index is -0.654. The zero-order valence-corrected chi connectivity index (χ0v) is 14.8. The number of aryl methyl sites for hydroxylation is 1. The fourth-order valence-corrected chi connectivity index (χ4v) is 2.17. The summed E-state index contributed by atoms with van der Waals surface area (Å²) in [7, 11) is 0. The van der Waals surface area contributed by atoms with Gasteiger partial charge in [0, 0.05) is 17.7 Å². The number of rotatable bonds is 8. The van der Waals surface area contributed by atoms with Crippen LogP contribution in [0.25, 0.3) is 0 Å². The molecule has 0 aliphatic heterocycles. The molecular formula is C20H21NO5. The third-order valence-corrected chi connectivity index (χ3v) is 3.64. The highest BCUT2D eigenvalue weighted by molar-refractivity contribution is 5.96. The van der Waals surface area contributed by atoms with Gasteiger partial charge >= 0.3 is 5.97 Å². The van der Waals surface area contributed by atoms with Crippen molar-refractivity contribution < 1.29 is 23.9 Å². The summed E-state index contributed by atoms with van der Waals surface area (Å²) >= 11 is 0. The van der Waals surface area contributed by atoms with Crippen LogP contribution in [0.5, 0.6) is 5.75 Å². The monoisotopic (exact) mass is 355 g/mol. The first-order valence-corrected chi connectivity index (χ1v) is 8.26. The number of anilines is 1. The average molecular weight is 355 g/mol. The number of hydrogen-bond acceptors (Lipinski definition) is 5. The molecule has 0 saturated carbocycles. The summed E-state index contributed by atoms with van der Waals surface area (Å²) in [6, 6.07) is 13.8. The quantitative estimate of drug-likeness (QED) is 0.581. The zero-order chi connectivity index (χ0) is 18.9. The van der Waals surface area contributed by atoms with Crippen LogP contribution in [0.3, 0.4) is 0 Å². The van der Waals surface area contributed by atoms with Gasteiger partial charge in [0.2, 0.25) is 0 Å². The maximum Gasteiger partial charge on any atom is 0.344 e. The Kier molecular flexibility index (Phi) is 6.91. The Hall–Kier alpha value is -3.15. The molecule has 2 aromatic carbocycles. The Morgan fingerprint density at radius 1 is 0.962 bits per heavy atom. The zero-order valence-electron chi connectivity index (χ0n) is 14.8. The number of ketones is 1. The second kappa shape index (κ2) is 9.36. The van der Waals surface area contributed by atoms with Crippen molar-refractivity contribution in [2.75, 3.05) is 18.5 Å². The van der Waals surface area contributed by atoms with Crippen LogP contribution >= 0.6 is 0 Å². The molecular weight excluding hydrogens is 334 g/mol. The molecule has 2 rings (SSSR count). The van der Waals surface area contributed by atoms with Crippen molar-refractivity contribution in [3.8, 4) is 5.75 Å². The highest BCUT2D eigenvalue weighted by Gasteiger charge is 2.10. The Balaban J connectivity index is 1.74. The molecule has 26 heavy (non-hydrogen) atoms. The normalized spacial score (nSPS) is 10.1. The van der Waals surface area contributed by atoms with Crippen molar-refractivity contribution in [1.29, 1.82) is 0 Å². The van der Waals surface area contributed by atoms with Gasteiger partial charge < -0.3 is 14.8 Å². The standard InChI is InChI=1S/C20H21NO5/c1-3-18(22)15-8-10-16(11-9-15)25-13-20(24)26-12-19(23)21-17-7-5-4-6-14(17)2/h4-11H,3,12-13H2,1-2H3,(H,21,23). The van der Waals surface area contributed by atoms with Gasteiger partial charge in [0.25, 0.3) is 5.91 Å². The van der Waals surface area contributed by atoms with Gasteiger partial charge in [-0.1, -0.05) is 25.1 Å². The summed E-state index contributed by atoms with van der Waals surface area (Å²) in [6.45, 7) is 2.95. The lowest BCUT2D eigenvalue weighted by Gasteiger charge is -2.09. The molecule has 0 spiro atoms. The first-order chi connectivity index (χ1) is 12.5. The Morgan fingerprint density at radius 3 is 2.31 bits per heavy atom. The number of carbonyl (C=O) groups is 3. The summed E-state index contributed by atoms with van der Waals surface area (Å²) in [6.07, 6.45) is 0.428. The molecule has 0 aliphatic rings. The van der Waals surface area contributed by atoms with Crippen molar-refractivity contribution in [3.63, 3.8) is 0 Å². The van der Waals surface area contributed by atoms with Crippen molar-refractivity contribution >= 4 is 23.3 Å². The Morgan fingerprint density at radius 2 is 1.65 bits per heavy atom. The predicted octanol–water partition coefficient (Wildman–Crippen LogP) is 3.15. The first-order valence-electron chi connectivity index (χ1n) is 8.26. The number of benzene rings is 2. The molecule has 6 nitrogen and oxygen atoms in total. The topological polar surface area (TPSA) is 81.7 Å². The second-order valence-corrected chi connectivity index (χ2v) is 5.61. The first kappa shape index (κ1) is 19.2. The molecule has 0 aromatic heterocycles. The van der Waals surface area contributed by atoms with Gasteiger partial charge in [0.05, 0.1) is 0 Å². The predicted molar refractivity (Wildman–Crippen MR) is 97.3 cm³/mol. The highest BCUT2D eigenvalue weighted by atomic mass is 16.6. The Bertz CT molecular complexity index is 783.